The van der Waals surface area contributed by atoms with E-state index in [1.54, 1.807) is 19.5 Å². The quantitative estimate of drug-likeness (QED) is 0.916. The minimum Gasteiger partial charge on any atom is -0.381 e. The Labute approximate surface area is 112 Å². The molecule has 3 rings (SSSR count). The first-order valence-corrected chi connectivity index (χ1v) is 6.72. The van der Waals surface area contributed by atoms with E-state index < -0.39 is 0 Å². The van der Waals surface area contributed by atoms with Crippen LogP contribution in [0.25, 0.3) is 11.2 Å². The fraction of sp³-hybridized carbons (Fsp3) is 0.500. The maximum Gasteiger partial charge on any atom is 0.180 e. The number of nitrogens with zero attached hydrogens (tertiary/aromatic N) is 3. The Bertz CT molecular complexity index is 560. The standard InChI is InChI=1S/C14H18N4O/c1-19-11-4-2-3-10(9-11)17-13-6-5-12-14(18-13)16-8-7-15-12/h5-8,10-11H,2-4,9H2,1H3,(H,16,17,18). The molecule has 2 heterocycles. The zero-order valence-electron chi connectivity index (χ0n) is 11.0. The Morgan fingerprint density at radius 2 is 2.11 bits per heavy atom. The molecule has 0 saturated heterocycles. The van der Waals surface area contributed by atoms with Crippen LogP contribution in [0.5, 0.6) is 0 Å². The van der Waals surface area contributed by atoms with Crippen molar-refractivity contribution in [2.24, 2.45) is 0 Å². The largest absolute Gasteiger partial charge is 0.381 e. The van der Waals surface area contributed by atoms with Crippen molar-refractivity contribution in [2.75, 3.05) is 12.4 Å². The molecule has 0 bridgehead atoms. The van der Waals surface area contributed by atoms with Gasteiger partial charge in [0.05, 0.1) is 6.10 Å². The minimum absolute atomic E-state index is 0.367. The summed E-state index contributed by atoms with van der Waals surface area (Å²) in [5.74, 6) is 0.870. The topological polar surface area (TPSA) is 59.9 Å². The van der Waals surface area contributed by atoms with Crippen LogP contribution in [0.3, 0.4) is 0 Å². The van der Waals surface area contributed by atoms with Crippen LogP contribution in [-0.4, -0.2) is 34.2 Å². The van der Waals surface area contributed by atoms with E-state index in [0.717, 1.165) is 24.2 Å². The first-order chi connectivity index (χ1) is 9.35. The predicted octanol–water partition coefficient (Wildman–Crippen LogP) is 2.39. The van der Waals surface area contributed by atoms with Gasteiger partial charge in [-0.1, -0.05) is 0 Å². The molecule has 5 heteroatoms. The number of aromatic nitrogens is 3. The van der Waals surface area contributed by atoms with Crippen molar-refractivity contribution < 1.29 is 4.74 Å². The molecule has 0 radical (unpaired) electrons. The van der Waals surface area contributed by atoms with E-state index in [9.17, 15) is 0 Å². The van der Waals surface area contributed by atoms with Crippen LogP contribution in [-0.2, 0) is 4.74 Å². The molecule has 100 valence electrons. The second-order valence-corrected chi connectivity index (χ2v) is 4.96. The molecular weight excluding hydrogens is 240 g/mol. The average Bonchev–Trinajstić information content (AvgIpc) is 2.47. The molecular formula is C14H18N4O. The summed E-state index contributed by atoms with van der Waals surface area (Å²) in [5, 5.41) is 3.48. The van der Waals surface area contributed by atoms with Gasteiger partial charge in [-0.15, -0.1) is 0 Å². The minimum atomic E-state index is 0.367. The molecule has 2 aromatic rings. The zero-order chi connectivity index (χ0) is 13.1. The molecule has 2 unspecified atom stereocenters. The summed E-state index contributed by atoms with van der Waals surface area (Å²) in [6, 6.07) is 4.35. The number of fused-ring (bicyclic) bond motifs is 1. The highest BCUT2D eigenvalue weighted by Crippen LogP contribution is 2.23. The Kier molecular flexibility index (Phi) is 3.55. The summed E-state index contributed by atoms with van der Waals surface area (Å²) in [6.07, 6.45) is 8.28. The van der Waals surface area contributed by atoms with E-state index >= 15 is 0 Å². The molecule has 0 aromatic carbocycles. The van der Waals surface area contributed by atoms with Crippen molar-refractivity contribution in [1.29, 1.82) is 0 Å². The molecule has 2 atom stereocenters. The van der Waals surface area contributed by atoms with Crippen molar-refractivity contribution >= 4 is 17.0 Å². The molecule has 19 heavy (non-hydrogen) atoms. The summed E-state index contributed by atoms with van der Waals surface area (Å²) < 4.78 is 5.45. The lowest BCUT2D eigenvalue weighted by Crippen LogP contribution is -2.31. The molecule has 0 spiro atoms. The van der Waals surface area contributed by atoms with E-state index in [0.29, 0.717) is 17.8 Å². The average molecular weight is 258 g/mol. The zero-order valence-corrected chi connectivity index (χ0v) is 11.0. The highest BCUT2D eigenvalue weighted by atomic mass is 16.5. The summed E-state index contributed by atoms with van der Waals surface area (Å²) in [5.41, 5.74) is 1.51. The van der Waals surface area contributed by atoms with Gasteiger partial charge in [0.2, 0.25) is 0 Å². The van der Waals surface area contributed by atoms with E-state index in [2.05, 4.69) is 20.3 Å². The van der Waals surface area contributed by atoms with E-state index in [1.165, 1.54) is 12.8 Å². The van der Waals surface area contributed by atoms with Gasteiger partial charge in [-0.05, 0) is 37.8 Å². The Morgan fingerprint density at radius 1 is 1.21 bits per heavy atom. The molecule has 0 amide bonds. The maximum absolute atomic E-state index is 5.45. The van der Waals surface area contributed by atoms with Gasteiger partial charge in [0.25, 0.3) is 0 Å². The van der Waals surface area contributed by atoms with Gasteiger partial charge in [-0.2, -0.15) is 0 Å². The normalized spacial score (nSPS) is 23.4. The van der Waals surface area contributed by atoms with Crippen LogP contribution in [0.1, 0.15) is 25.7 Å². The highest BCUT2D eigenvalue weighted by molar-refractivity contribution is 5.71. The molecule has 1 saturated carbocycles. The van der Waals surface area contributed by atoms with Crippen LogP contribution in [0, 0.1) is 0 Å². The highest BCUT2D eigenvalue weighted by Gasteiger charge is 2.21. The number of anilines is 1. The van der Waals surface area contributed by atoms with Crippen molar-refractivity contribution in [3.05, 3.63) is 24.5 Å². The lowest BCUT2D eigenvalue weighted by molar-refractivity contribution is 0.0669. The number of pyridine rings is 1. The van der Waals surface area contributed by atoms with Crippen LogP contribution >= 0.6 is 0 Å². The summed E-state index contributed by atoms with van der Waals surface area (Å²) in [6.45, 7) is 0. The van der Waals surface area contributed by atoms with Gasteiger partial charge in [-0.25, -0.2) is 9.97 Å². The van der Waals surface area contributed by atoms with Gasteiger partial charge < -0.3 is 10.1 Å². The van der Waals surface area contributed by atoms with Gasteiger partial charge in [0.15, 0.2) is 5.65 Å². The third-order valence-electron chi connectivity index (χ3n) is 3.64. The number of hydrogen-bond acceptors (Lipinski definition) is 5. The Balaban J connectivity index is 1.74. The van der Waals surface area contributed by atoms with Gasteiger partial charge in [0.1, 0.15) is 11.3 Å². The third kappa shape index (κ3) is 2.81. The molecule has 2 aromatic heterocycles. The molecule has 1 fully saturated rings. The predicted molar refractivity (Wildman–Crippen MR) is 74.0 cm³/mol. The second-order valence-electron chi connectivity index (χ2n) is 4.96. The van der Waals surface area contributed by atoms with E-state index in [1.807, 2.05) is 12.1 Å². The molecule has 1 aliphatic rings. The number of methoxy groups -OCH3 is 1. The van der Waals surface area contributed by atoms with Crippen molar-refractivity contribution in [3.8, 4) is 0 Å². The first-order valence-electron chi connectivity index (χ1n) is 6.72. The van der Waals surface area contributed by atoms with Gasteiger partial charge in [0, 0.05) is 25.5 Å². The van der Waals surface area contributed by atoms with Crippen LogP contribution in [0.15, 0.2) is 24.5 Å². The summed E-state index contributed by atoms with van der Waals surface area (Å²) >= 11 is 0. The molecule has 0 aliphatic heterocycles. The molecule has 1 N–H and O–H groups in total. The summed E-state index contributed by atoms with van der Waals surface area (Å²) in [4.78, 5) is 12.9. The number of rotatable bonds is 3. The fourth-order valence-corrected chi connectivity index (χ4v) is 2.63. The second kappa shape index (κ2) is 5.48. The van der Waals surface area contributed by atoms with Gasteiger partial charge >= 0.3 is 0 Å². The van der Waals surface area contributed by atoms with Crippen LogP contribution in [0.2, 0.25) is 0 Å². The number of ether oxygens (including phenoxy) is 1. The smallest absolute Gasteiger partial charge is 0.180 e. The molecule has 5 nitrogen and oxygen atoms in total. The van der Waals surface area contributed by atoms with E-state index in [4.69, 9.17) is 4.74 Å². The Morgan fingerprint density at radius 3 is 3.00 bits per heavy atom. The van der Waals surface area contributed by atoms with Crippen LogP contribution in [0.4, 0.5) is 5.82 Å². The van der Waals surface area contributed by atoms with Gasteiger partial charge in [-0.3, -0.25) is 4.98 Å². The van der Waals surface area contributed by atoms with Crippen molar-refractivity contribution in [1.82, 2.24) is 15.0 Å². The van der Waals surface area contributed by atoms with Crippen molar-refractivity contribution in [2.45, 2.75) is 37.8 Å². The number of hydrogen-bond donors (Lipinski definition) is 1. The fourth-order valence-electron chi connectivity index (χ4n) is 2.63. The third-order valence-corrected chi connectivity index (χ3v) is 3.64. The first kappa shape index (κ1) is 12.3. The summed E-state index contributed by atoms with van der Waals surface area (Å²) in [7, 11) is 1.79. The van der Waals surface area contributed by atoms with Crippen molar-refractivity contribution in [3.63, 3.8) is 0 Å². The Hall–Kier alpha value is -1.75. The maximum atomic E-state index is 5.45. The monoisotopic (exact) mass is 258 g/mol. The lowest BCUT2D eigenvalue weighted by atomic mass is 9.93. The SMILES string of the molecule is COC1CCCC(Nc2ccc3nccnc3n2)C1. The van der Waals surface area contributed by atoms with E-state index in [-0.39, 0.29) is 0 Å². The van der Waals surface area contributed by atoms with Crippen LogP contribution < -0.4 is 5.32 Å². The number of nitrogens with one attached hydrogen (secondary N) is 1. The molecule has 1 aliphatic carbocycles. The lowest BCUT2D eigenvalue weighted by Gasteiger charge is -2.29.